The number of halogens is 1. The van der Waals surface area contributed by atoms with Gasteiger partial charge in [-0.05, 0) is 24.5 Å². The standard InChI is InChI=1S/C10H11ClOS/c1-3-9(12)8-5-4-7(11)6-10(8)13-2/h4-6H,3H2,1-2H3. The summed E-state index contributed by atoms with van der Waals surface area (Å²) >= 11 is 7.37. The van der Waals surface area contributed by atoms with Gasteiger partial charge in [0, 0.05) is 21.9 Å². The van der Waals surface area contributed by atoms with E-state index < -0.39 is 0 Å². The quantitative estimate of drug-likeness (QED) is 0.564. The van der Waals surface area contributed by atoms with E-state index >= 15 is 0 Å². The van der Waals surface area contributed by atoms with Gasteiger partial charge in [0.1, 0.15) is 0 Å². The number of rotatable bonds is 3. The second-order valence-corrected chi connectivity index (χ2v) is 3.91. The van der Waals surface area contributed by atoms with Gasteiger partial charge in [0.25, 0.3) is 0 Å². The molecule has 0 N–H and O–H groups in total. The van der Waals surface area contributed by atoms with E-state index in [0.717, 1.165) is 10.5 Å². The van der Waals surface area contributed by atoms with Crippen LogP contribution in [0.3, 0.4) is 0 Å². The summed E-state index contributed by atoms with van der Waals surface area (Å²) in [5, 5.41) is 0.678. The fourth-order valence-electron chi connectivity index (χ4n) is 1.09. The van der Waals surface area contributed by atoms with Crippen LogP contribution < -0.4 is 0 Å². The molecule has 1 rings (SSSR count). The Morgan fingerprint density at radius 1 is 1.54 bits per heavy atom. The normalized spacial score (nSPS) is 10.1. The highest BCUT2D eigenvalue weighted by Gasteiger charge is 2.08. The summed E-state index contributed by atoms with van der Waals surface area (Å²) in [6.45, 7) is 1.86. The molecule has 0 aliphatic carbocycles. The number of hydrogen-bond donors (Lipinski definition) is 0. The lowest BCUT2D eigenvalue weighted by molar-refractivity contribution is 0.0985. The number of carbonyl (C=O) groups is 1. The van der Waals surface area contributed by atoms with Crippen molar-refractivity contribution < 1.29 is 4.79 Å². The molecule has 0 aliphatic rings. The Morgan fingerprint density at radius 2 is 2.23 bits per heavy atom. The molecular formula is C10H11ClOS. The summed E-state index contributed by atoms with van der Waals surface area (Å²) < 4.78 is 0. The van der Waals surface area contributed by atoms with Crippen LogP contribution in [0.2, 0.25) is 5.02 Å². The van der Waals surface area contributed by atoms with Crippen molar-refractivity contribution in [1.29, 1.82) is 0 Å². The molecule has 0 aliphatic heterocycles. The molecule has 3 heteroatoms. The van der Waals surface area contributed by atoms with Gasteiger partial charge >= 0.3 is 0 Å². The Kier molecular flexibility index (Phi) is 3.82. The highest BCUT2D eigenvalue weighted by molar-refractivity contribution is 7.98. The second-order valence-electron chi connectivity index (χ2n) is 2.62. The van der Waals surface area contributed by atoms with E-state index in [1.165, 1.54) is 0 Å². The Hall–Kier alpha value is -0.470. The Morgan fingerprint density at radius 3 is 2.77 bits per heavy atom. The van der Waals surface area contributed by atoms with Crippen molar-refractivity contribution in [3.05, 3.63) is 28.8 Å². The molecule has 0 unspecified atom stereocenters. The lowest BCUT2D eigenvalue weighted by atomic mass is 10.1. The lowest BCUT2D eigenvalue weighted by Gasteiger charge is -2.04. The molecule has 0 radical (unpaired) electrons. The molecule has 0 fully saturated rings. The lowest BCUT2D eigenvalue weighted by Crippen LogP contribution is -1.98. The average molecular weight is 215 g/mol. The predicted octanol–water partition coefficient (Wildman–Crippen LogP) is 3.65. The van der Waals surface area contributed by atoms with Crippen LogP contribution in [0.4, 0.5) is 0 Å². The van der Waals surface area contributed by atoms with Gasteiger partial charge in [-0.25, -0.2) is 0 Å². The summed E-state index contributed by atoms with van der Waals surface area (Å²) in [6.07, 6.45) is 2.48. The minimum absolute atomic E-state index is 0.168. The molecule has 13 heavy (non-hydrogen) atoms. The zero-order valence-corrected chi connectivity index (χ0v) is 9.21. The first-order valence-electron chi connectivity index (χ1n) is 4.05. The Labute approximate surface area is 87.5 Å². The van der Waals surface area contributed by atoms with Gasteiger partial charge in [-0.3, -0.25) is 4.79 Å². The number of ketones is 1. The zero-order chi connectivity index (χ0) is 9.84. The minimum atomic E-state index is 0.168. The fraction of sp³-hybridized carbons (Fsp3) is 0.300. The van der Waals surface area contributed by atoms with Crippen molar-refractivity contribution in [3.8, 4) is 0 Å². The zero-order valence-electron chi connectivity index (χ0n) is 7.63. The first kappa shape index (κ1) is 10.6. The summed E-state index contributed by atoms with van der Waals surface area (Å²) in [5.74, 6) is 0.168. The van der Waals surface area contributed by atoms with Gasteiger partial charge in [-0.1, -0.05) is 18.5 Å². The number of thioether (sulfide) groups is 1. The highest BCUT2D eigenvalue weighted by Crippen LogP contribution is 2.25. The maximum atomic E-state index is 11.4. The maximum absolute atomic E-state index is 11.4. The molecule has 70 valence electrons. The third-order valence-electron chi connectivity index (χ3n) is 1.79. The third kappa shape index (κ3) is 2.48. The van der Waals surface area contributed by atoms with Crippen molar-refractivity contribution in [2.75, 3.05) is 6.26 Å². The number of hydrogen-bond acceptors (Lipinski definition) is 2. The highest BCUT2D eigenvalue weighted by atomic mass is 35.5. The van der Waals surface area contributed by atoms with Gasteiger partial charge in [-0.15, -0.1) is 11.8 Å². The van der Waals surface area contributed by atoms with E-state index in [2.05, 4.69) is 0 Å². The predicted molar refractivity (Wildman–Crippen MR) is 57.9 cm³/mol. The van der Waals surface area contributed by atoms with Crippen LogP contribution in [0, 0.1) is 0 Å². The van der Waals surface area contributed by atoms with E-state index in [9.17, 15) is 4.79 Å². The van der Waals surface area contributed by atoms with Crippen LogP contribution in [0.25, 0.3) is 0 Å². The smallest absolute Gasteiger partial charge is 0.163 e. The Balaban J connectivity index is 3.13. The van der Waals surface area contributed by atoms with Gasteiger partial charge in [0.05, 0.1) is 0 Å². The molecule has 0 aromatic heterocycles. The van der Waals surface area contributed by atoms with Gasteiger partial charge in [0.2, 0.25) is 0 Å². The molecule has 0 bridgehead atoms. The van der Waals surface area contributed by atoms with Gasteiger partial charge < -0.3 is 0 Å². The van der Waals surface area contributed by atoms with Crippen molar-refractivity contribution in [2.45, 2.75) is 18.2 Å². The molecule has 1 aromatic rings. The van der Waals surface area contributed by atoms with Crippen molar-refractivity contribution >= 4 is 29.1 Å². The van der Waals surface area contributed by atoms with Crippen LogP contribution in [0.15, 0.2) is 23.1 Å². The first-order chi connectivity index (χ1) is 6.19. The fourth-order valence-corrected chi connectivity index (χ4v) is 1.97. The van der Waals surface area contributed by atoms with Gasteiger partial charge in [-0.2, -0.15) is 0 Å². The molecule has 0 spiro atoms. The van der Waals surface area contributed by atoms with E-state index in [-0.39, 0.29) is 5.78 Å². The topological polar surface area (TPSA) is 17.1 Å². The molecule has 1 aromatic carbocycles. The van der Waals surface area contributed by atoms with Crippen LogP contribution in [-0.4, -0.2) is 12.0 Å². The van der Waals surface area contributed by atoms with Crippen molar-refractivity contribution in [2.24, 2.45) is 0 Å². The molecule has 0 saturated carbocycles. The summed E-state index contributed by atoms with van der Waals surface area (Å²) in [5.41, 5.74) is 0.777. The minimum Gasteiger partial charge on any atom is -0.294 e. The van der Waals surface area contributed by atoms with Crippen molar-refractivity contribution in [3.63, 3.8) is 0 Å². The van der Waals surface area contributed by atoms with E-state index in [1.807, 2.05) is 19.2 Å². The Bertz CT molecular complexity index is 323. The number of benzene rings is 1. The maximum Gasteiger partial charge on any atom is 0.163 e. The van der Waals surface area contributed by atoms with Crippen LogP contribution in [0.5, 0.6) is 0 Å². The summed E-state index contributed by atoms with van der Waals surface area (Å²) in [4.78, 5) is 12.4. The van der Waals surface area contributed by atoms with Crippen LogP contribution >= 0.6 is 23.4 Å². The number of Topliss-reactive ketones (excluding diaryl/α,β-unsaturated/α-hetero) is 1. The SMILES string of the molecule is CCC(=O)c1ccc(Cl)cc1SC. The van der Waals surface area contributed by atoms with Crippen LogP contribution in [0.1, 0.15) is 23.7 Å². The molecule has 0 heterocycles. The van der Waals surface area contributed by atoms with Crippen LogP contribution in [-0.2, 0) is 0 Å². The molecule has 0 saturated heterocycles. The van der Waals surface area contributed by atoms with E-state index in [4.69, 9.17) is 11.6 Å². The van der Waals surface area contributed by atoms with Gasteiger partial charge in [0.15, 0.2) is 5.78 Å². The second kappa shape index (κ2) is 4.68. The largest absolute Gasteiger partial charge is 0.294 e. The number of carbonyl (C=O) groups excluding carboxylic acids is 1. The molecule has 0 amide bonds. The summed E-state index contributed by atoms with van der Waals surface area (Å²) in [6, 6.07) is 5.37. The van der Waals surface area contributed by atoms with Crippen molar-refractivity contribution in [1.82, 2.24) is 0 Å². The molecule has 0 atom stereocenters. The van der Waals surface area contributed by atoms with E-state index in [1.54, 1.807) is 23.9 Å². The molecular weight excluding hydrogens is 204 g/mol. The molecule has 1 nitrogen and oxygen atoms in total. The average Bonchev–Trinajstić information content (AvgIpc) is 2.16. The van der Waals surface area contributed by atoms with E-state index in [0.29, 0.717) is 11.4 Å². The monoisotopic (exact) mass is 214 g/mol. The third-order valence-corrected chi connectivity index (χ3v) is 2.80. The first-order valence-corrected chi connectivity index (χ1v) is 5.66. The summed E-state index contributed by atoms with van der Waals surface area (Å²) in [7, 11) is 0.